The number of aromatic nitrogens is 1. The van der Waals surface area contributed by atoms with E-state index in [0.29, 0.717) is 17.3 Å². The predicted molar refractivity (Wildman–Crippen MR) is 73.2 cm³/mol. The lowest BCUT2D eigenvalue weighted by Crippen LogP contribution is -2.36. The Labute approximate surface area is 108 Å². The number of nitrogen functional groups attached to an aromatic ring is 1. The minimum absolute atomic E-state index is 0.483. The van der Waals surface area contributed by atoms with Crippen LogP contribution in [0.3, 0.4) is 0 Å². The van der Waals surface area contributed by atoms with Gasteiger partial charge in [-0.15, -0.1) is 0 Å². The normalized spacial score (nSPS) is 23.4. The van der Waals surface area contributed by atoms with Crippen LogP contribution in [-0.2, 0) is 0 Å². The van der Waals surface area contributed by atoms with Gasteiger partial charge < -0.3 is 10.6 Å². The van der Waals surface area contributed by atoms with Crippen LogP contribution in [0.1, 0.15) is 38.2 Å². The summed E-state index contributed by atoms with van der Waals surface area (Å²) in [7, 11) is 2.03. The summed E-state index contributed by atoms with van der Waals surface area (Å²) >= 11 is 0. The Hall–Kier alpha value is -1.76. The predicted octanol–water partition coefficient (Wildman–Crippen LogP) is 2.55. The Bertz CT molecular complexity index is 463. The molecule has 2 unspecified atom stereocenters. The van der Waals surface area contributed by atoms with Crippen LogP contribution in [-0.4, -0.2) is 18.1 Å². The van der Waals surface area contributed by atoms with Gasteiger partial charge in [0, 0.05) is 13.1 Å². The van der Waals surface area contributed by atoms with E-state index in [1.165, 1.54) is 25.7 Å². The summed E-state index contributed by atoms with van der Waals surface area (Å²) in [4.78, 5) is 6.47. The summed E-state index contributed by atoms with van der Waals surface area (Å²) < 4.78 is 0. The van der Waals surface area contributed by atoms with Crippen LogP contribution >= 0.6 is 0 Å². The zero-order chi connectivity index (χ0) is 13.1. The number of nitrogens with two attached hydrogens (primary N) is 1. The molecular formula is C14H20N4. The molecule has 1 aliphatic carbocycles. The van der Waals surface area contributed by atoms with E-state index in [1.807, 2.05) is 7.05 Å². The zero-order valence-electron chi connectivity index (χ0n) is 11.1. The molecule has 0 amide bonds. The molecule has 1 heterocycles. The zero-order valence-corrected chi connectivity index (χ0v) is 11.1. The van der Waals surface area contributed by atoms with Crippen molar-refractivity contribution >= 4 is 11.5 Å². The fourth-order valence-corrected chi connectivity index (χ4v) is 2.76. The van der Waals surface area contributed by atoms with Crippen LogP contribution in [0.15, 0.2) is 12.3 Å². The van der Waals surface area contributed by atoms with Crippen molar-refractivity contribution in [3.63, 3.8) is 0 Å². The molecule has 2 rings (SSSR count). The highest BCUT2D eigenvalue weighted by atomic mass is 15.2. The maximum atomic E-state index is 9.17. The number of hydrogen-bond donors (Lipinski definition) is 1. The Morgan fingerprint density at radius 1 is 1.50 bits per heavy atom. The average molecular weight is 244 g/mol. The third-order valence-electron chi connectivity index (χ3n) is 3.80. The molecule has 1 aliphatic rings. The average Bonchev–Trinajstić information content (AvgIpc) is 2.37. The first kappa shape index (κ1) is 12.7. The third-order valence-corrected chi connectivity index (χ3v) is 3.80. The van der Waals surface area contributed by atoms with E-state index in [1.54, 1.807) is 12.3 Å². The summed E-state index contributed by atoms with van der Waals surface area (Å²) in [6.07, 6.45) is 6.54. The topological polar surface area (TPSA) is 65.9 Å². The van der Waals surface area contributed by atoms with Gasteiger partial charge in [0.1, 0.15) is 11.9 Å². The Morgan fingerprint density at radius 2 is 2.28 bits per heavy atom. The van der Waals surface area contributed by atoms with Crippen LogP contribution in [0, 0.1) is 17.2 Å². The van der Waals surface area contributed by atoms with Crippen molar-refractivity contribution < 1.29 is 0 Å². The van der Waals surface area contributed by atoms with Crippen LogP contribution in [0.2, 0.25) is 0 Å². The van der Waals surface area contributed by atoms with Crippen molar-refractivity contribution in [2.45, 2.75) is 38.6 Å². The molecule has 0 aliphatic heterocycles. The highest BCUT2D eigenvalue weighted by Gasteiger charge is 2.24. The molecule has 0 radical (unpaired) electrons. The number of rotatable bonds is 2. The van der Waals surface area contributed by atoms with Crippen LogP contribution < -0.4 is 10.6 Å². The fourth-order valence-electron chi connectivity index (χ4n) is 2.76. The smallest absolute Gasteiger partial charge is 0.146 e. The van der Waals surface area contributed by atoms with Crippen molar-refractivity contribution in [3.8, 4) is 6.07 Å². The molecule has 4 heteroatoms. The van der Waals surface area contributed by atoms with Gasteiger partial charge in [0.2, 0.25) is 0 Å². The van der Waals surface area contributed by atoms with E-state index in [4.69, 9.17) is 11.0 Å². The monoisotopic (exact) mass is 244 g/mol. The van der Waals surface area contributed by atoms with Crippen molar-refractivity contribution in [1.29, 1.82) is 5.26 Å². The summed E-state index contributed by atoms with van der Waals surface area (Å²) in [5, 5.41) is 9.17. The van der Waals surface area contributed by atoms with Gasteiger partial charge in [-0.25, -0.2) is 4.98 Å². The van der Waals surface area contributed by atoms with Crippen LogP contribution in [0.4, 0.5) is 11.5 Å². The van der Waals surface area contributed by atoms with Gasteiger partial charge >= 0.3 is 0 Å². The van der Waals surface area contributed by atoms with Crippen LogP contribution in [0.5, 0.6) is 0 Å². The van der Waals surface area contributed by atoms with Gasteiger partial charge in [0.05, 0.1) is 17.4 Å². The van der Waals surface area contributed by atoms with Gasteiger partial charge in [0.25, 0.3) is 0 Å². The molecule has 1 aromatic heterocycles. The lowest BCUT2D eigenvalue weighted by Gasteiger charge is -2.35. The van der Waals surface area contributed by atoms with Gasteiger partial charge in [-0.3, -0.25) is 0 Å². The molecule has 4 nitrogen and oxygen atoms in total. The van der Waals surface area contributed by atoms with E-state index in [9.17, 15) is 0 Å². The molecule has 18 heavy (non-hydrogen) atoms. The van der Waals surface area contributed by atoms with Gasteiger partial charge in [-0.1, -0.05) is 19.8 Å². The first-order valence-electron chi connectivity index (χ1n) is 6.50. The molecule has 0 spiro atoms. The lowest BCUT2D eigenvalue weighted by molar-refractivity contribution is 0.335. The maximum Gasteiger partial charge on any atom is 0.146 e. The maximum absolute atomic E-state index is 9.17. The highest BCUT2D eigenvalue weighted by molar-refractivity contribution is 5.58. The largest absolute Gasteiger partial charge is 0.397 e. The first-order valence-corrected chi connectivity index (χ1v) is 6.50. The second kappa shape index (κ2) is 5.26. The molecule has 96 valence electrons. The van der Waals surface area contributed by atoms with Crippen molar-refractivity contribution in [2.75, 3.05) is 17.7 Å². The number of nitriles is 1. The lowest BCUT2D eigenvalue weighted by atomic mass is 9.86. The molecular weight excluding hydrogens is 224 g/mol. The number of pyridine rings is 1. The third kappa shape index (κ3) is 2.56. The Kier molecular flexibility index (Phi) is 3.71. The molecule has 1 aromatic rings. The van der Waals surface area contributed by atoms with E-state index in [2.05, 4.69) is 22.9 Å². The first-order chi connectivity index (χ1) is 8.61. The number of nitrogens with zero attached hydrogens (tertiary/aromatic N) is 3. The van der Waals surface area contributed by atoms with E-state index in [0.717, 1.165) is 11.7 Å². The molecule has 2 N–H and O–H groups in total. The minimum atomic E-state index is 0.483. The van der Waals surface area contributed by atoms with Gasteiger partial charge in [0.15, 0.2) is 0 Å². The summed E-state index contributed by atoms with van der Waals surface area (Å²) in [6, 6.07) is 4.37. The van der Waals surface area contributed by atoms with Gasteiger partial charge in [-0.05, 0) is 24.8 Å². The second-order valence-corrected chi connectivity index (χ2v) is 5.29. The SMILES string of the molecule is CC1CCCC(N(C)c2ncc(N)cc2C#N)C1. The summed E-state index contributed by atoms with van der Waals surface area (Å²) in [5.74, 6) is 1.51. The molecule has 1 saturated carbocycles. The Balaban J connectivity index is 2.23. The summed E-state index contributed by atoms with van der Waals surface area (Å²) in [5.41, 5.74) is 6.78. The fraction of sp³-hybridized carbons (Fsp3) is 0.571. The molecule has 0 aromatic carbocycles. The van der Waals surface area contributed by atoms with Crippen molar-refractivity contribution in [1.82, 2.24) is 4.98 Å². The van der Waals surface area contributed by atoms with Gasteiger partial charge in [-0.2, -0.15) is 5.26 Å². The second-order valence-electron chi connectivity index (χ2n) is 5.29. The minimum Gasteiger partial charge on any atom is -0.397 e. The van der Waals surface area contributed by atoms with E-state index < -0.39 is 0 Å². The Morgan fingerprint density at radius 3 is 2.94 bits per heavy atom. The molecule has 2 atom stereocenters. The van der Waals surface area contributed by atoms with Crippen LogP contribution in [0.25, 0.3) is 0 Å². The van der Waals surface area contributed by atoms with E-state index >= 15 is 0 Å². The molecule has 0 bridgehead atoms. The van der Waals surface area contributed by atoms with E-state index in [-0.39, 0.29) is 0 Å². The molecule has 0 saturated heterocycles. The number of anilines is 2. The standard InChI is InChI=1S/C14H20N4/c1-10-4-3-5-13(6-10)18(2)14-11(8-15)7-12(16)9-17-14/h7,9-10,13H,3-6,16H2,1-2H3. The molecule has 1 fully saturated rings. The quantitative estimate of drug-likeness (QED) is 0.868. The van der Waals surface area contributed by atoms with Crippen molar-refractivity contribution in [3.05, 3.63) is 17.8 Å². The van der Waals surface area contributed by atoms with Crippen molar-refractivity contribution in [2.24, 2.45) is 5.92 Å². The highest BCUT2D eigenvalue weighted by Crippen LogP contribution is 2.30. The number of hydrogen-bond acceptors (Lipinski definition) is 4. The summed E-state index contributed by atoms with van der Waals surface area (Å²) in [6.45, 7) is 2.29.